The molecular formula is C25H28N6OS. The molecule has 170 valence electrons. The van der Waals surface area contributed by atoms with Crippen molar-refractivity contribution < 1.29 is 4.84 Å². The van der Waals surface area contributed by atoms with Crippen LogP contribution in [0.25, 0.3) is 11.5 Å². The Morgan fingerprint density at radius 1 is 1.12 bits per heavy atom. The maximum absolute atomic E-state index is 5.03. The summed E-state index contributed by atoms with van der Waals surface area (Å²) in [7, 11) is 2.03. The van der Waals surface area contributed by atoms with E-state index in [1.807, 2.05) is 45.2 Å². The summed E-state index contributed by atoms with van der Waals surface area (Å²) in [6.07, 6.45) is 7.28. The van der Waals surface area contributed by atoms with E-state index in [0.29, 0.717) is 6.54 Å². The van der Waals surface area contributed by atoms with E-state index in [0.717, 1.165) is 32.8 Å². The van der Waals surface area contributed by atoms with Gasteiger partial charge in [-0.25, -0.2) is 9.98 Å². The highest BCUT2D eigenvalue weighted by molar-refractivity contribution is 7.99. The number of aliphatic imine (C=N–C) groups is 2. The van der Waals surface area contributed by atoms with Gasteiger partial charge >= 0.3 is 0 Å². The van der Waals surface area contributed by atoms with Crippen LogP contribution in [0.5, 0.6) is 0 Å². The van der Waals surface area contributed by atoms with Gasteiger partial charge in [0.1, 0.15) is 22.6 Å². The largest absolute Gasteiger partial charge is 0.395 e. The van der Waals surface area contributed by atoms with Crippen LogP contribution in [0.4, 0.5) is 0 Å². The summed E-state index contributed by atoms with van der Waals surface area (Å²) in [6.45, 7) is 6.71. The first kappa shape index (κ1) is 22.9. The lowest BCUT2D eigenvalue weighted by Crippen LogP contribution is -2.32. The van der Waals surface area contributed by atoms with Gasteiger partial charge in [0.2, 0.25) is 0 Å². The molecule has 0 bridgehead atoms. The van der Waals surface area contributed by atoms with Gasteiger partial charge in [-0.3, -0.25) is 9.98 Å². The monoisotopic (exact) mass is 460 g/mol. The summed E-state index contributed by atoms with van der Waals surface area (Å²) in [5, 5.41) is 1.03. The molecule has 0 spiro atoms. The number of imidazole rings is 1. The second-order valence-corrected chi connectivity index (χ2v) is 8.52. The van der Waals surface area contributed by atoms with Crippen molar-refractivity contribution in [2.24, 2.45) is 23.0 Å². The molecule has 0 fully saturated rings. The Hall–Kier alpha value is -3.23. The van der Waals surface area contributed by atoms with Gasteiger partial charge in [-0.05, 0) is 37.3 Å². The molecule has 0 saturated heterocycles. The fourth-order valence-electron chi connectivity index (χ4n) is 3.52. The quantitative estimate of drug-likeness (QED) is 0.590. The molecular weight excluding hydrogens is 432 g/mol. The van der Waals surface area contributed by atoms with Crippen molar-refractivity contribution in [3.63, 3.8) is 0 Å². The van der Waals surface area contributed by atoms with Crippen LogP contribution < -0.4 is 5.48 Å². The molecule has 2 aliphatic heterocycles. The van der Waals surface area contributed by atoms with Gasteiger partial charge in [-0.15, -0.1) is 5.48 Å². The molecule has 5 rings (SSSR count). The van der Waals surface area contributed by atoms with Crippen LogP contribution in [0, 0.1) is 12.8 Å². The van der Waals surface area contributed by atoms with Crippen molar-refractivity contribution in [3.8, 4) is 11.5 Å². The second-order valence-electron chi connectivity index (χ2n) is 7.46. The van der Waals surface area contributed by atoms with E-state index in [9.17, 15) is 0 Å². The molecule has 2 atom stereocenters. The average molecular weight is 461 g/mol. The highest BCUT2D eigenvalue weighted by Gasteiger charge is 2.26. The lowest BCUT2D eigenvalue weighted by molar-refractivity contribution is 0.169. The van der Waals surface area contributed by atoms with Gasteiger partial charge in [0.05, 0.1) is 5.71 Å². The molecule has 0 saturated carbocycles. The van der Waals surface area contributed by atoms with Crippen molar-refractivity contribution in [1.82, 2.24) is 20.0 Å². The molecule has 1 N–H and O–H groups in total. The first-order chi connectivity index (χ1) is 16.2. The lowest BCUT2D eigenvalue weighted by Gasteiger charge is -2.18. The number of hydrogen-bond acceptors (Lipinski definition) is 7. The van der Waals surface area contributed by atoms with Crippen molar-refractivity contribution in [3.05, 3.63) is 72.1 Å². The van der Waals surface area contributed by atoms with Crippen molar-refractivity contribution in [1.29, 1.82) is 0 Å². The standard InChI is InChI=1S/C23H22N6OS.C2H6/c1-15-6-9-17(10-7-15)31-23-20(27-22(29(23)2)19-5-3-4-12-24-19)18-11-8-16(13-25-18)21-26-14-30-28-21;1-2/h3-12,14,16,21,28H,13H2,1-2H3;1-2H3. The van der Waals surface area contributed by atoms with Gasteiger partial charge < -0.3 is 9.40 Å². The van der Waals surface area contributed by atoms with Crippen LogP contribution in [-0.2, 0) is 11.9 Å². The number of hydrogen-bond donors (Lipinski definition) is 1. The Morgan fingerprint density at radius 2 is 1.94 bits per heavy atom. The van der Waals surface area contributed by atoms with Crippen molar-refractivity contribution >= 4 is 23.9 Å². The minimum Gasteiger partial charge on any atom is -0.395 e. The predicted molar refractivity (Wildman–Crippen MR) is 134 cm³/mol. The highest BCUT2D eigenvalue weighted by Crippen LogP contribution is 2.34. The topological polar surface area (TPSA) is 76.7 Å². The molecule has 4 heterocycles. The summed E-state index contributed by atoms with van der Waals surface area (Å²) < 4.78 is 2.10. The number of hydroxylamine groups is 1. The van der Waals surface area contributed by atoms with Gasteiger partial charge in [0.15, 0.2) is 12.2 Å². The smallest absolute Gasteiger partial charge is 0.198 e. The number of pyridine rings is 1. The molecule has 0 aliphatic carbocycles. The number of aryl methyl sites for hydroxylation is 1. The Kier molecular flexibility index (Phi) is 7.36. The minimum absolute atomic E-state index is 0.101. The molecule has 33 heavy (non-hydrogen) atoms. The molecule has 2 unspecified atom stereocenters. The third kappa shape index (κ3) is 5.07. The maximum atomic E-state index is 5.03. The van der Waals surface area contributed by atoms with E-state index in [-0.39, 0.29) is 12.1 Å². The SMILES string of the molecule is CC.Cc1ccc(Sc2c(C3=NCC(C4N=CON4)C=C3)nc(-c3ccccn3)n2C)cc1. The van der Waals surface area contributed by atoms with Crippen LogP contribution >= 0.6 is 11.8 Å². The van der Waals surface area contributed by atoms with E-state index in [2.05, 4.69) is 57.3 Å². The first-order valence-electron chi connectivity index (χ1n) is 11.1. The minimum atomic E-state index is -0.101. The van der Waals surface area contributed by atoms with E-state index in [1.165, 1.54) is 12.0 Å². The average Bonchev–Trinajstić information content (AvgIpc) is 3.52. The van der Waals surface area contributed by atoms with Gasteiger partial charge in [-0.1, -0.05) is 55.4 Å². The fourth-order valence-corrected chi connectivity index (χ4v) is 4.49. The molecule has 2 aliphatic rings. The molecule has 1 aromatic carbocycles. The third-order valence-electron chi connectivity index (χ3n) is 5.26. The third-order valence-corrected chi connectivity index (χ3v) is 6.43. The number of dihydropyridines is 1. The van der Waals surface area contributed by atoms with Crippen LogP contribution in [0.1, 0.15) is 25.1 Å². The Morgan fingerprint density at radius 3 is 2.58 bits per heavy atom. The van der Waals surface area contributed by atoms with E-state index in [1.54, 1.807) is 18.0 Å². The summed E-state index contributed by atoms with van der Waals surface area (Å²) >= 11 is 1.69. The summed E-state index contributed by atoms with van der Waals surface area (Å²) in [6, 6.07) is 14.4. The van der Waals surface area contributed by atoms with Gasteiger partial charge in [-0.2, -0.15) is 0 Å². The Labute approximate surface area is 198 Å². The predicted octanol–water partition coefficient (Wildman–Crippen LogP) is 4.83. The van der Waals surface area contributed by atoms with E-state index < -0.39 is 0 Å². The zero-order valence-corrected chi connectivity index (χ0v) is 20.1. The zero-order chi connectivity index (χ0) is 23.2. The fraction of sp³-hybridized carbons (Fsp3) is 0.280. The molecule has 8 heteroatoms. The molecule has 0 radical (unpaired) electrons. The van der Waals surface area contributed by atoms with Crippen LogP contribution in [-0.4, -0.2) is 39.4 Å². The summed E-state index contributed by atoms with van der Waals surface area (Å²) in [5.41, 5.74) is 6.69. The molecule has 7 nitrogen and oxygen atoms in total. The molecule has 2 aromatic heterocycles. The molecule has 3 aromatic rings. The number of rotatable bonds is 5. The van der Waals surface area contributed by atoms with E-state index >= 15 is 0 Å². The Bertz CT molecular complexity index is 1170. The highest BCUT2D eigenvalue weighted by atomic mass is 32.2. The summed E-state index contributed by atoms with van der Waals surface area (Å²) in [4.78, 5) is 24.8. The Balaban J connectivity index is 0.00000126. The van der Waals surface area contributed by atoms with E-state index in [4.69, 9.17) is 14.8 Å². The summed E-state index contributed by atoms with van der Waals surface area (Å²) in [5.74, 6) is 0.966. The zero-order valence-electron chi connectivity index (χ0n) is 19.3. The lowest BCUT2D eigenvalue weighted by atomic mass is 10.0. The van der Waals surface area contributed by atoms with Crippen LogP contribution in [0.2, 0.25) is 0 Å². The first-order valence-corrected chi connectivity index (χ1v) is 11.9. The van der Waals surface area contributed by atoms with Crippen molar-refractivity contribution in [2.45, 2.75) is 36.9 Å². The normalized spacial score (nSPS) is 19.0. The maximum Gasteiger partial charge on any atom is 0.198 e. The van der Waals surface area contributed by atoms with Crippen LogP contribution in [0.15, 0.2) is 80.7 Å². The molecule has 0 amide bonds. The van der Waals surface area contributed by atoms with Crippen molar-refractivity contribution in [2.75, 3.05) is 6.54 Å². The van der Waals surface area contributed by atoms with Gasteiger partial charge in [0.25, 0.3) is 0 Å². The number of aromatic nitrogens is 3. The number of allylic oxidation sites excluding steroid dienone is 1. The number of nitrogens with zero attached hydrogens (tertiary/aromatic N) is 5. The second kappa shape index (κ2) is 10.6. The van der Waals surface area contributed by atoms with Gasteiger partial charge in [0, 0.05) is 30.6 Å². The number of benzene rings is 1. The van der Waals surface area contributed by atoms with Crippen LogP contribution in [0.3, 0.4) is 0 Å². The number of nitrogens with one attached hydrogen (secondary N) is 1.